The first-order valence-electron chi connectivity index (χ1n) is 5.87. The van der Waals surface area contributed by atoms with Crippen molar-refractivity contribution in [2.75, 3.05) is 19.5 Å². The highest BCUT2D eigenvalue weighted by atomic mass is 16.5. The van der Waals surface area contributed by atoms with Gasteiger partial charge in [-0.15, -0.1) is 0 Å². The largest absolute Gasteiger partial charge is 0.497 e. The molecule has 0 aliphatic heterocycles. The van der Waals surface area contributed by atoms with E-state index in [-0.39, 0.29) is 11.4 Å². The zero-order valence-corrected chi connectivity index (χ0v) is 11.6. The third-order valence-electron chi connectivity index (χ3n) is 2.68. The number of rotatable bonds is 4. The van der Waals surface area contributed by atoms with Gasteiger partial charge in [0.15, 0.2) is 0 Å². The molecule has 0 heterocycles. The fourth-order valence-corrected chi connectivity index (χ4v) is 1.63. The van der Waals surface area contributed by atoms with Crippen LogP contribution >= 0.6 is 0 Å². The van der Waals surface area contributed by atoms with Gasteiger partial charge in [0.25, 0.3) is 0 Å². The second-order valence-corrected chi connectivity index (χ2v) is 5.20. The summed E-state index contributed by atoms with van der Waals surface area (Å²) in [6.45, 7) is 5.96. The molecule has 1 N–H and O–H groups in total. The number of esters is 1. The number of hydrogen-bond acceptors (Lipinski definition) is 4. The molecule has 0 aliphatic rings. The van der Waals surface area contributed by atoms with Gasteiger partial charge in [0.05, 0.1) is 14.2 Å². The minimum Gasteiger partial charge on any atom is -0.497 e. The Bertz CT molecular complexity index is 410. The Morgan fingerprint density at radius 1 is 1.28 bits per heavy atom. The average molecular weight is 251 g/mol. The molecule has 0 aliphatic carbocycles. The number of carbonyl (C=O) groups excluding carboxylic acids is 1. The summed E-state index contributed by atoms with van der Waals surface area (Å²) in [5.41, 5.74) is 0.593. The first kappa shape index (κ1) is 14.4. The van der Waals surface area contributed by atoms with Crippen molar-refractivity contribution in [2.24, 2.45) is 5.41 Å². The van der Waals surface area contributed by atoms with Crippen molar-refractivity contribution in [3.8, 4) is 5.75 Å². The van der Waals surface area contributed by atoms with Crippen LogP contribution in [0.3, 0.4) is 0 Å². The van der Waals surface area contributed by atoms with Gasteiger partial charge in [-0.2, -0.15) is 0 Å². The lowest BCUT2D eigenvalue weighted by atomic mass is 9.86. The Morgan fingerprint density at radius 2 is 1.94 bits per heavy atom. The smallest absolute Gasteiger partial charge is 0.328 e. The van der Waals surface area contributed by atoms with Gasteiger partial charge in [0.2, 0.25) is 0 Å². The average Bonchev–Trinajstić information content (AvgIpc) is 2.34. The summed E-state index contributed by atoms with van der Waals surface area (Å²) in [5.74, 6) is 0.475. The van der Waals surface area contributed by atoms with Crippen LogP contribution < -0.4 is 10.1 Å². The third-order valence-corrected chi connectivity index (χ3v) is 2.68. The summed E-state index contributed by atoms with van der Waals surface area (Å²) in [6, 6.07) is 7.06. The van der Waals surface area contributed by atoms with Crippen molar-refractivity contribution >= 4 is 11.7 Å². The lowest BCUT2D eigenvalue weighted by Crippen LogP contribution is -2.41. The maximum Gasteiger partial charge on any atom is 0.328 e. The first-order valence-corrected chi connectivity index (χ1v) is 5.87. The second-order valence-electron chi connectivity index (χ2n) is 5.20. The highest BCUT2D eigenvalue weighted by Gasteiger charge is 2.32. The molecule has 0 amide bonds. The standard InChI is InChI=1S/C14H21NO3/c1-14(2,3)12(13(16)18-5)15-10-7-6-8-11(9-10)17-4/h6-9,12,15H,1-5H3. The molecular weight excluding hydrogens is 230 g/mol. The molecule has 0 fully saturated rings. The molecular formula is C14H21NO3. The Kier molecular flexibility index (Phi) is 4.59. The summed E-state index contributed by atoms with van der Waals surface area (Å²) in [6.07, 6.45) is 0. The van der Waals surface area contributed by atoms with Gasteiger partial charge in [0.1, 0.15) is 11.8 Å². The van der Waals surface area contributed by atoms with Crippen molar-refractivity contribution in [1.82, 2.24) is 0 Å². The van der Waals surface area contributed by atoms with Gasteiger partial charge in [-0.05, 0) is 17.5 Å². The molecule has 0 aromatic heterocycles. The summed E-state index contributed by atoms with van der Waals surface area (Å²) < 4.78 is 9.99. The topological polar surface area (TPSA) is 47.6 Å². The Balaban J connectivity index is 2.92. The minimum absolute atomic E-state index is 0.240. The summed E-state index contributed by atoms with van der Waals surface area (Å²) in [5, 5.41) is 3.19. The predicted molar refractivity (Wildman–Crippen MR) is 71.9 cm³/mol. The van der Waals surface area contributed by atoms with Crippen LogP contribution in [0.25, 0.3) is 0 Å². The van der Waals surface area contributed by atoms with Gasteiger partial charge in [-0.1, -0.05) is 26.8 Å². The van der Waals surface area contributed by atoms with Crippen LogP contribution in [0.15, 0.2) is 24.3 Å². The molecule has 4 nitrogen and oxygen atoms in total. The summed E-state index contributed by atoms with van der Waals surface area (Å²) >= 11 is 0. The Morgan fingerprint density at radius 3 is 2.44 bits per heavy atom. The number of methoxy groups -OCH3 is 2. The number of benzene rings is 1. The monoisotopic (exact) mass is 251 g/mol. The van der Waals surface area contributed by atoms with E-state index >= 15 is 0 Å². The van der Waals surface area contributed by atoms with Crippen LogP contribution in [0.1, 0.15) is 20.8 Å². The van der Waals surface area contributed by atoms with Gasteiger partial charge in [0, 0.05) is 11.8 Å². The quantitative estimate of drug-likeness (QED) is 0.836. The Labute approximate surface area is 108 Å². The first-order chi connectivity index (χ1) is 8.38. The van der Waals surface area contributed by atoms with E-state index in [2.05, 4.69) is 5.32 Å². The highest BCUT2D eigenvalue weighted by Crippen LogP contribution is 2.25. The van der Waals surface area contributed by atoms with E-state index in [1.54, 1.807) is 7.11 Å². The lowest BCUT2D eigenvalue weighted by molar-refractivity contribution is -0.143. The highest BCUT2D eigenvalue weighted by molar-refractivity contribution is 5.80. The van der Waals surface area contributed by atoms with E-state index in [1.807, 2.05) is 45.0 Å². The van der Waals surface area contributed by atoms with Crippen molar-refractivity contribution in [2.45, 2.75) is 26.8 Å². The fraction of sp³-hybridized carbons (Fsp3) is 0.500. The van der Waals surface area contributed by atoms with E-state index in [0.717, 1.165) is 11.4 Å². The molecule has 0 bridgehead atoms. The van der Waals surface area contributed by atoms with Gasteiger partial charge >= 0.3 is 5.97 Å². The van der Waals surface area contributed by atoms with E-state index in [9.17, 15) is 4.79 Å². The van der Waals surface area contributed by atoms with Crippen molar-refractivity contribution < 1.29 is 14.3 Å². The van der Waals surface area contributed by atoms with Gasteiger partial charge in [-0.25, -0.2) is 4.79 Å². The van der Waals surface area contributed by atoms with Crippen LogP contribution in [-0.2, 0) is 9.53 Å². The SMILES string of the molecule is COC(=O)C(Nc1cccc(OC)c1)C(C)(C)C. The molecule has 1 aromatic carbocycles. The van der Waals surface area contributed by atoms with Crippen molar-refractivity contribution in [3.05, 3.63) is 24.3 Å². The molecule has 100 valence electrons. The number of carbonyl (C=O) groups is 1. The molecule has 4 heteroatoms. The van der Waals surface area contributed by atoms with E-state index in [1.165, 1.54) is 7.11 Å². The van der Waals surface area contributed by atoms with Gasteiger partial charge < -0.3 is 14.8 Å². The third kappa shape index (κ3) is 3.65. The maximum atomic E-state index is 11.8. The van der Waals surface area contributed by atoms with E-state index in [4.69, 9.17) is 9.47 Å². The zero-order valence-electron chi connectivity index (χ0n) is 11.6. The van der Waals surface area contributed by atoms with E-state index in [0.29, 0.717) is 0 Å². The summed E-state index contributed by atoms with van der Waals surface area (Å²) in [4.78, 5) is 11.8. The predicted octanol–water partition coefficient (Wildman–Crippen LogP) is 2.69. The number of nitrogens with one attached hydrogen (secondary N) is 1. The summed E-state index contributed by atoms with van der Waals surface area (Å²) in [7, 11) is 3.01. The maximum absolute atomic E-state index is 11.8. The minimum atomic E-state index is -0.408. The molecule has 1 atom stereocenters. The molecule has 0 saturated carbocycles. The zero-order chi connectivity index (χ0) is 13.8. The lowest BCUT2D eigenvalue weighted by Gasteiger charge is -2.29. The number of hydrogen-bond donors (Lipinski definition) is 1. The van der Waals surface area contributed by atoms with Crippen LogP contribution in [0.5, 0.6) is 5.75 Å². The molecule has 0 radical (unpaired) electrons. The van der Waals surface area contributed by atoms with Crippen LogP contribution in [-0.4, -0.2) is 26.2 Å². The normalized spacial score (nSPS) is 12.7. The van der Waals surface area contributed by atoms with Crippen molar-refractivity contribution in [3.63, 3.8) is 0 Å². The second kappa shape index (κ2) is 5.76. The van der Waals surface area contributed by atoms with Crippen LogP contribution in [0.4, 0.5) is 5.69 Å². The molecule has 18 heavy (non-hydrogen) atoms. The molecule has 1 rings (SSSR count). The molecule has 0 spiro atoms. The number of anilines is 1. The fourth-order valence-electron chi connectivity index (χ4n) is 1.63. The Hall–Kier alpha value is -1.71. The van der Waals surface area contributed by atoms with E-state index < -0.39 is 6.04 Å². The van der Waals surface area contributed by atoms with Crippen molar-refractivity contribution in [1.29, 1.82) is 0 Å². The van der Waals surface area contributed by atoms with Gasteiger partial charge in [-0.3, -0.25) is 0 Å². The van der Waals surface area contributed by atoms with Crippen LogP contribution in [0.2, 0.25) is 0 Å². The molecule has 0 saturated heterocycles. The molecule has 1 unspecified atom stereocenters. The number of ether oxygens (including phenoxy) is 2. The van der Waals surface area contributed by atoms with Crippen LogP contribution in [0, 0.1) is 5.41 Å². The molecule has 1 aromatic rings.